The van der Waals surface area contributed by atoms with Gasteiger partial charge in [0.15, 0.2) is 0 Å². The topological polar surface area (TPSA) is 0 Å². The average Bonchev–Trinajstić information content (AvgIpc) is 2.41. The lowest BCUT2D eigenvalue weighted by atomic mass is 10.2. The summed E-state index contributed by atoms with van der Waals surface area (Å²) in [5, 5.41) is 2.63. The minimum absolute atomic E-state index is 0.744. The lowest BCUT2D eigenvalue weighted by Gasteiger charge is -2.17. The Balaban J connectivity index is 2.86. The minimum Gasteiger partial charge on any atom is -0.141 e. The van der Waals surface area contributed by atoms with Gasteiger partial charge in [0.1, 0.15) is 0 Å². The highest BCUT2D eigenvalue weighted by Crippen LogP contribution is 2.25. The number of thiophene rings is 1. The van der Waals surface area contributed by atoms with Crippen LogP contribution in [0.3, 0.4) is 0 Å². The molecule has 0 N–H and O–H groups in total. The van der Waals surface area contributed by atoms with E-state index in [0.29, 0.717) is 0 Å². The van der Waals surface area contributed by atoms with Crippen LogP contribution in [0.1, 0.15) is 6.25 Å². The van der Waals surface area contributed by atoms with E-state index in [0.717, 1.165) is 10.9 Å². The summed E-state index contributed by atoms with van der Waals surface area (Å²) in [6.07, 6.45) is 0. The molecular weight excluding hydrogens is 204 g/mol. The maximum atomic E-state index is 8.12. The fourth-order valence-corrected chi connectivity index (χ4v) is 4.26. The monoisotopic (exact) mass is 221 g/mol. The summed E-state index contributed by atoms with van der Waals surface area (Å²) in [5.74, 6) is 0. The van der Waals surface area contributed by atoms with Gasteiger partial charge in [0.2, 0.25) is 0 Å². The number of hydrogen-bond acceptors (Lipinski definition) is 1. The van der Waals surface area contributed by atoms with Gasteiger partial charge in [0.25, 0.3) is 0 Å². The predicted molar refractivity (Wildman–Crippen MR) is 69.5 cm³/mol. The Hall–Kier alpha value is -0.603. The van der Waals surface area contributed by atoms with Crippen molar-refractivity contribution >= 4 is 34.7 Å². The van der Waals surface area contributed by atoms with Crippen molar-refractivity contribution in [3.63, 3.8) is 0 Å². The summed E-state index contributed by atoms with van der Waals surface area (Å²) in [5.41, 5.74) is 0. The molecule has 1 aromatic carbocycles. The van der Waals surface area contributed by atoms with Crippen molar-refractivity contribution in [3.8, 4) is 0 Å². The van der Waals surface area contributed by atoms with Crippen LogP contribution >= 0.6 is 11.3 Å². The van der Waals surface area contributed by atoms with Crippen LogP contribution in [0, 0.1) is 6.92 Å². The normalized spacial score (nSPS) is 13.3. The molecule has 0 amide bonds. The molecular formula is C12H16SSi. The van der Waals surface area contributed by atoms with Crippen LogP contribution in [0.4, 0.5) is 0 Å². The molecule has 0 aliphatic heterocycles. The Morgan fingerprint density at radius 2 is 2.00 bits per heavy atom. The molecule has 74 valence electrons. The van der Waals surface area contributed by atoms with Gasteiger partial charge in [-0.1, -0.05) is 37.0 Å². The molecule has 0 aliphatic rings. The molecule has 0 radical (unpaired) electrons. The fourth-order valence-electron chi connectivity index (χ4n) is 1.74. The molecule has 0 spiro atoms. The Morgan fingerprint density at radius 1 is 1.29 bits per heavy atom. The second-order valence-electron chi connectivity index (χ2n) is 4.71. The summed E-state index contributed by atoms with van der Waals surface area (Å²) in [6.45, 7) is 9.07. The molecule has 2 heteroatoms. The van der Waals surface area contributed by atoms with E-state index in [-0.39, 0.29) is 0 Å². The van der Waals surface area contributed by atoms with Crippen molar-refractivity contribution in [1.82, 2.24) is 0 Å². The lowest BCUT2D eigenvalue weighted by molar-refractivity contribution is 1.65. The van der Waals surface area contributed by atoms with Crippen LogP contribution in [0.5, 0.6) is 0 Å². The smallest absolute Gasteiger partial charge is 0.0784 e. The molecule has 2 rings (SSSR count). The Morgan fingerprint density at radius 3 is 2.64 bits per heavy atom. The van der Waals surface area contributed by atoms with Crippen molar-refractivity contribution < 1.29 is 1.37 Å². The minimum atomic E-state index is -1.33. The zero-order valence-electron chi connectivity index (χ0n) is 10.1. The van der Waals surface area contributed by atoms with Crippen molar-refractivity contribution in [2.24, 2.45) is 0 Å². The third-order valence-electron chi connectivity index (χ3n) is 2.40. The lowest BCUT2D eigenvalue weighted by Crippen LogP contribution is -2.37. The summed E-state index contributed by atoms with van der Waals surface area (Å²) in [7, 11) is -1.33. The Kier molecular flexibility index (Phi) is 1.99. The second kappa shape index (κ2) is 3.21. The van der Waals surface area contributed by atoms with Gasteiger partial charge in [-0.3, -0.25) is 0 Å². The van der Waals surface area contributed by atoms with E-state index in [9.17, 15) is 0 Å². The van der Waals surface area contributed by atoms with Crippen LogP contribution < -0.4 is 5.19 Å². The highest BCUT2D eigenvalue weighted by molar-refractivity contribution is 7.19. The molecule has 0 fully saturated rings. The van der Waals surface area contributed by atoms with Crippen LogP contribution in [0.2, 0.25) is 19.6 Å². The summed E-state index contributed by atoms with van der Waals surface area (Å²) in [6, 6.07) is 7.21. The molecule has 0 bridgehead atoms. The summed E-state index contributed by atoms with van der Waals surface area (Å²) < 4.78 is 9.40. The van der Waals surface area contributed by atoms with Crippen LogP contribution in [0.15, 0.2) is 24.2 Å². The summed E-state index contributed by atoms with van der Waals surface area (Å²) >= 11 is 1.74. The summed E-state index contributed by atoms with van der Waals surface area (Å²) in [4.78, 5) is 1.13. The maximum absolute atomic E-state index is 8.12. The van der Waals surface area contributed by atoms with Gasteiger partial charge in [-0.15, -0.1) is 11.3 Å². The molecule has 1 aromatic heterocycles. The SMILES string of the molecule is [2H]c1c(C)sc2cccc([Si](C)(C)C)c12. The number of rotatable bonds is 1. The molecule has 0 atom stereocenters. The molecule has 0 saturated carbocycles. The first-order valence-corrected chi connectivity index (χ1v) is 9.22. The Labute approximate surface area is 92.0 Å². The number of aryl methyl sites for hydroxylation is 1. The fraction of sp³-hybridized carbons (Fsp3) is 0.333. The number of fused-ring (bicyclic) bond motifs is 1. The zero-order chi connectivity index (χ0) is 11.2. The molecule has 0 nitrogen and oxygen atoms in total. The van der Waals surface area contributed by atoms with Gasteiger partial charge in [0, 0.05) is 9.58 Å². The van der Waals surface area contributed by atoms with Crippen molar-refractivity contribution in [1.29, 1.82) is 0 Å². The first-order chi connectivity index (χ1) is 6.91. The van der Waals surface area contributed by atoms with Crippen molar-refractivity contribution in [2.75, 3.05) is 0 Å². The highest BCUT2D eigenvalue weighted by atomic mass is 32.1. The standard InChI is InChI=1S/C12H16SSi/c1-9-8-10-11(13-9)6-5-7-12(10)14(2,3)4/h5-8H,1-4H3/i8D. The molecule has 0 unspecified atom stereocenters. The maximum Gasteiger partial charge on any atom is 0.0784 e. The van der Waals surface area contributed by atoms with E-state index in [1.54, 1.807) is 11.3 Å². The first kappa shape index (κ1) is 8.68. The third kappa shape index (κ3) is 1.64. The zero-order valence-corrected chi connectivity index (χ0v) is 11.0. The molecule has 0 aliphatic carbocycles. The molecule has 2 aromatic rings. The van der Waals surface area contributed by atoms with E-state index in [1.165, 1.54) is 15.3 Å². The average molecular weight is 221 g/mol. The predicted octanol–water partition coefficient (Wildman–Crippen LogP) is 3.75. The van der Waals surface area contributed by atoms with E-state index in [1.807, 2.05) is 6.92 Å². The molecule has 1 heterocycles. The largest absolute Gasteiger partial charge is 0.141 e. The van der Waals surface area contributed by atoms with Gasteiger partial charge in [-0.2, -0.15) is 0 Å². The van der Waals surface area contributed by atoms with Gasteiger partial charge in [-0.05, 0) is 24.4 Å². The number of hydrogen-bond donors (Lipinski definition) is 0. The highest BCUT2D eigenvalue weighted by Gasteiger charge is 2.19. The molecule has 14 heavy (non-hydrogen) atoms. The van der Waals surface area contributed by atoms with Crippen LogP contribution in [0.25, 0.3) is 10.1 Å². The van der Waals surface area contributed by atoms with Crippen LogP contribution in [-0.2, 0) is 0 Å². The van der Waals surface area contributed by atoms with E-state index in [2.05, 4.69) is 37.8 Å². The second-order valence-corrected chi connectivity index (χ2v) is 11.0. The van der Waals surface area contributed by atoms with Gasteiger partial charge in [0.05, 0.1) is 9.44 Å². The van der Waals surface area contributed by atoms with E-state index in [4.69, 9.17) is 1.37 Å². The van der Waals surface area contributed by atoms with Crippen molar-refractivity contribution in [3.05, 3.63) is 29.1 Å². The van der Waals surface area contributed by atoms with E-state index >= 15 is 0 Å². The van der Waals surface area contributed by atoms with E-state index < -0.39 is 8.07 Å². The van der Waals surface area contributed by atoms with Gasteiger partial charge >= 0.3 is 0 Å². The van der Waals surface area contributed by atoms with Crippen LogP contribution in [-0.4, -0.2) is 8.07 Å². The Bertz CT molecular complexity index is 508. The van der Waals surface area contributed by atoms with Crippen molar-refractivity contribution in [2.45, 2.75) is 26.6 Å². The first-order valence-electron chi connectivity index (χ1n) is 5.40. The number of benzene rings is 1. The third-order valence-corrected chi connectivity index (χ3v) is 5.40. The van der Waals surface area contributed by atoms with Gasteiger partial charge < -0.3 is 0 Å². The molecule has 0 saturated heterocycles. The quantitative estimate of drug-likeness (QED) is 0.643. The van der Waals surface area contributed by atoms with Gasteiger partial charge in [-0.25, -0.2) is 0 Å².